The number of carbonyl (C=O) groups is 1. The molecular weight excluding hydrogens is 464 g/mol. The van der Waals surface area contributed by atoms with Gasteiger partial charge in [0.05, 0.1) is 26.9 Å². The third-order valence-electron chi connectivity index (χ3n) is 7.53. The highest BCUT2D eigenvalue weighted by atomic mass is 16.5. The molecule has 2 aliphatic rings. The summed E-state index contributed by atoms with van der Waals surface area (Å²) >= 11 is 0. The molecule has 196 valence electrons. The van der Waals surface area contributed by atoms with Crippen molar-refractivity contribution in [3.63, 3.8) is 0 Å². The highest BCUT2D eigenvalue weighted by Gasteiger charge is 2.44. The summed E-state index contributed by atoms with van der Waals surface area (Å²) in [6.45, 7) is 4.53. The Balaban J connectivity index is 1.51. The first-order valence-electron chi connectivity index (χ1n) is 12.8. The van der Waals surface area contributed by atoms with Crippen molar-refractivity contribution in [2.24, 2.45) is 17.8 Å². The van der Waals surface area contributed by atoms with E-state index < -0.39 is 11.7 Å². The van der Waals surface area contributed by atoms with Crippen molar-refractivity contribution < 1.29 is 33.3 Å². The lowest BCUT2D eigenvalue weighted by atomic mass is 9.71. The summed E-state index contributed by atoms with van der Waals surface area (Å²) in [5.41, 5.74) is 0.211. The number of esters is 1. The summed E-state index contributed by atoms with van der Waals surface area (Å²) < 4.78 is 28.1. The molecule has 0 radical (unpaired) electrons. The lowest BCUT2D eigenvalue weighted by Gasteiger charge is -2.43. The number of benzene rings is 1. The van der Waals surface area contributed by atoms with E-state index in [1.54, 1.807) is 31.4 Å². The van der Waals surface area contributed by atoms with Crippen LogP contribution in [-0.4, -0.2) is 38.0 Å². The molecule has 1 fully saturated rings. The van der Waals surface area contributed by atoms with Crippen molar-refractivity contribution in [1.29, 1.82) is 0 Å². The van der Waals surface area contributed by atoms with E-state index in [0.29, 0.717) is 47.5 Å². The zero-order valence-electron chi connectivity index (χ0n) is 21.5. The van der Waals surface area contributed by atoms with Crippen LogP contribution in [0.4, 0.5) is 0 Å². The number of rotatable bonds is 9. The first-order valence-corrected chi connectivity index (χ1v) is 12.8. The third-order valence-corrected chi connectivity index (χ3v) is 7.53. The van der Waals surface area contributed by atoms with E-state index >= 15 is 0 Å². The van der Waals surface area contributed by atoms with Crippen molar-refractivity contribution >= 4 is 5.97 Å². The molecule has 2 heterocycles. The zero-order chi connectivity index (χ0) is 25.8. The van der Waals surface area contributed by atoms with Crippen LogP contribution in [0.3, 0.4) is 0 Å². The van der Waals surface area contributed by atoms with Crippen molar-refractivity contribution in [1.82, 2.24) is 0 Å². The number of hydrogen-bond acceptors (Lipinski definition) is 8. The summed E-state index contributed by atoms with van der Waals surface area (Å²) in [4.78, 5) is 24.8. The quantitative estimate of drug-likeness (QED) is 0.485. The minimum atomic E-state index is -0.947. The van der Waals surface area contributed by atoms with Gasteiger partial charge in [0.15, 0.2) is 11.5 Å². The van der Waals surface area contributed by atoms with E-state index in [2.05, 4.69) is 6.92 Å². The molecule has 1 N–H and O–H groups in total. The Morgan fingerprint density at radius 2 is 1.94 bits per heavy atom. The smallest absolute Gasteiger partial charge is 0.345 e. The fourth-order valence-corrected chi connectivity index (χ4v) is 5.31. The van der Waals surface area contributed by atoms with Gasteiger partial charge in [-0.1, -0.05) is 20.3 Å². The van der Waals surface area contributed by atoms with E-state index in [4.69, 9.17) is 23.4 Å². The summed E-state index contributed by atoms with van der Waals surface area (Å²) in [5, 5.41) is 11.1. The number of fused-ring (bicyclic) bond motifs is 2. The van der Waals surface area contributed by atoms with Gasteiger partial charge >= 0.3 is 11.6 Å². The van der Waals surface area contributed by atoms with Crippen LogP contribution in [0.1, 0.15) is 64.0 Å². The molecule has 8 nitrogen and oxygen atoms in total. The Bertz CT molecular complexity index is 1120. The Morgan fingerprint density at radius 3 is 2.67 bits per heavy atom. The van der Waals surface area contributed by atoms with Crippen molar-refractivity contribution in [3.05, 3.63) is 40.2 Å². The van der Waals surface area contributed by atoms with Crippen molar-refractivity contribution in [3.8, 4) is 28.6 Å². The third kappa shape index (κ3) is 5.38. The summed E-state index contributed by atoms with van der Waals surface area (Å²) in [6, 6.07) is 6.90. The fraction of sp³-hybridized carbons (Fsp3) is 0.571. The lowest BCUT2D eigenvalue weighted by Crippen LogP contribution is -2.44. The molecule has 0 amide bonds. The fourth-order valence-electron chi connectivity index (χ4n) is 5.31. The molecule has 0 bridgehead atoms. The molecule has 1 aliphatic carbocycles. The average molecular weight is 501 g/mol. The van der Waals surface area contributed by atoms with Gasteiger partial charge in [0, 0.05) is 24.0 Å². The minimum absolute atomic E-state index is 0.148. The second kappa shape index (κ2) is 11.4. The second-order valence-corrected chi connectivity index (χ2v) is 9.85. The predicted octanol–water partition coefficient (Wildman–Crippen LogP) is 4.90. The largest absolute Gasteiger partial charge is 0.493 e. The number of carbonyl (C=O) groups excluding carboxylic acids is 1. The van der Waals surface area contributed by atoms with E-state index in [0.717, 1.165) is 32.1 Å². The first-order chi connectivity index (χ1) is 17.4. The standard InChI is InChI=1S/C28H36O8/c1-5-6-7-25(29)34-15-16(2)17-8-10-19-22(12-17)35-24-14-21(36-28(31)26(24)27(19)30)18-9-11-20(32-3)23(13-18)33-4/h9,11,13-14,16-17,19,22,27,30H,5-8,10,12,15H2,1-4H3/t16?,17-,19?,22-,27?/m0/s1. The Labute approximate surface area is 211 Å². The summed E-state index contributed by atoms with van der Waals surface area (Å²) in [6.07, 6.45) is 3.40. The molecule has 3 unspecified atom stereocenters. The Kier molecular flexibility index (Phi) is 8.24. The number of unbranched alkanes of at least 4 members (excludes halogenated alkanes) is 1. The van der Waals surface area contributed by atoms with E-state index in [-0.39, 0.29) is 29.5 Å². The maximum Gasteiger partial charge on any atom is 0.345 e. The molecule has 1 aliphatic heterocycles. The van der Waals surface area contributed by atoms with Crippen LogP contribution in [0.5, 0.6) is 17.2 Å². The van der Waals surface area contributed by atoms with Gasteiger partial charge in [-0.2, -0.15) is 0 Å². The van der Waals surface area contributed by atoms with Crippen LogP contribution in [0, 0.1) is 17.8 Å². The maximum atomic E-state index is 12.9. The van der Waals surface area contributed by atoms with Gasteiger partial charge in [-0.3, -0.25) is 4.79 Å². The van der Waals surface area contributed by atoms with Gasteiger partial charge < -0.3 is 28.5 Å². The monoisotopic (exact) mass is 500 g/mol. The molecule has 36 heavy (non-hydrogen) atoms. The molecule has 8 heteroatoms. The topological polar surface area (TPSA) is 104 Å². The molecule has 1 saturated carbocycles. The summed E-state index contributed by atoms with van der Waals surface area (Å²) in [7, 11) is 3.09. The van der Waals surface area contributed by atoms with Crippen LogP contribution in [-0.2, 0) is 9.53 Å². The number of methoxy groups -OCH3 is 2. The van der Waals surface area contributed by atoms with Crippen molar-refractivity contribution in [2.45, 2.75) is 64.6 Å². The molecule has 4 rings (SSSR count). The van der Waals surface area contributed by atoms with Gasteiger partial charge in [-0.05, 0) is 55.7 Å². The van der Waals surface area contributed by atoms with Gasteiger partial charge in [0.2, 0.25) is 0 Å². The second-order valence-electron chi connectivity index (χ2n) is 9.85. The molecule has 0 spiro atoms. The van der Waals surface area contributed by atoms with Gasteiger partial charge in [-0.15, -0.1) is 0 Å². The van der Waals surface area contributed by atoms with Crippen LogP contribution >= 0.6 is 0 Å². The molecule has 1 aromatic carbocycles. The van der Waals surface area contributed by atoms with E-state index in [1.807, 2.05) is 6.92 Å². The normalized spacial score (nSPS) is 23.6. The average Bonchev–Trinajstić information content (AvgIpc) is 2.89. The number of ether oxygens (including phenoxy) is 4. The highest BCUT2D eigenvalue weighted by molar-refractivity contribution is 5.69. The minimum Gasteiger partial charge on any atom is -0.493 e. The van der Waals surface area contributed by atoms with Crippen molar-refractivity contribution in [2.75, 3.05) is 20.8 Å². The Morgan fingerprint density at radius 1 is 1.17 bits per heavy atom. The van der Waals surface area contributed by atoms with Crippen LogP contribution in [0.25, 0.3) is 11.3 Å². The lowest BCUT2D eigenvalue weighted by molar-refractivity contribution is -0.146. The van der Waals surface area contributed by atoms with Gasteiger partial charge in [0.25, 0.3) is 0 Å². The number of hydrogen-bond donors (Lipinski definition) is 1. The van der Waals surface area contributed by atoms with Gasteiger partial charge in [0.1, 0.15) is 23.2 Å². The first kappa shape index (κ1) is 26.1. The van der Waals surface area contributed by atoms with Crippen LogP contribution in [0.2, 0.25) is 0 Å². The molecular formula is C28H36O8. The maximum absolute atomic E-state index is 12.9. The molecule has 2 aromatic rings. The molecule has 1 aromatic heterocycles. The van der Waals surface area contributed by atoms with E-state index in [1.165, 1.54) is 7.11 Å². The number of aliphatic hydroxyl groups is 1. The molecule has 0 saturated heterocycles. The zero-order valence-corrected chi connectivity index (χ0v) is 21.5. The number of aliphatic hydroxyl groups excluding tert-OH is 1. The van der Waals surface area contributed by atoms with Gasteiger partial charge in [-0.25, -0.2) is 4.79 Å². The van der Waals surface area contributed by atoms with Crippen LogP contribution in [0.15, 0.2) is 33.5 Å². The van der Waals surface area contributed by atoms with Crippen LogP contribution < -0.4 is 19.8 Å². The highest BCUT2D eigenvalue weighted by Crippen LogP contribution is 2.47. The SMILES string of the molecule is CCCCC(=O)OCC(C)[C@H]1CCC2C(O)c3c(cc(-c4ccc(OC)c(OC)c4)oc3=O)O[C@H]2C1. The Hall–Kier alpha value is -3.00. The predicted molar refractivity (Wildman–Crippen MR) is 133 cm³/mol. The molecule has 5 atom stereocenters. The summed E-state index contributed by atoms with van der Waals surface area (Å²) in [5.74, 6) is 1.90. The van der Waals surface area contributed by atoms with E-state index in [9.17, 15) is 14.7 Å².